The van der Waals surface area contributed by atoms with Crippen LogP contribution in [0.15, 0.2) is 24.8 Å². The van der Waals surface area contributed by atoms with Crippen LogP contribution in [0.2, 0.25) is 0 Å². The molecule has 0 saturated heterocycles. The van der Waals surface area contributed by atoms with Crippen LogP contribution in [0.1, 0.15) is 27.9 Å². The van der Waals surface area contributed by atoms with Gasteiger partial charge in [0.05, 0.1) is 12.7 Å². The minimum absolute atomic E-state index is 0. The van der Waals surface area contributed by atoms with Gasteiger partial charge in [-0.15, -0.1) is 0 Å². The quantitative estimate of drug-likeness (QED) is 0.696. The van der Waals surface area contributed by atoms with Gasteiger partial charge in [-0.2, -0.15) is 9.59 Å². The van der Waals surface area contributed by atoms with Crippen LogP contribution < -0.4 is 0 Å². The summed E-state index contributed by atoms with van der Waals surface area (Å²) in [6, 6.07) is 5.65. The molecule has 5 heteroatoms. The van der Waals surface area contributed by atoms with Crippen molar-refractivity contribution in [2.75, 3.05) is 7.11 Å². The largest absolute Gasteiger partial charge is 0.465 e. The molecule has 96 valence electrons. The van der Waals surface area contributed by atoms with E-state index in [1.807, 2.05) is 12.1 Å². The number of rotatable bonds is 1. The fourth-order valence-corrected chi connectivity index (χ4v) is 1.81. The zero-order chi connectivity index (χ0) is 12.8. The summed E-state index contributed by atoms with van der Waals surface area (Å²) in [5.41, 5.74) is 4.19. The smallest absolute Gasteiger partial charge is 0.373 e. The minimum Gasteiger partial charge on any atom is -0.465 e. The van der Waals surface area contributed by atoms with Gasteiger partial charge in [-0.1, -0.05) is 12.6 Å². The number of hydrogen-bond donors (Lipinski definition) is 0. The first-order chi connectivity index (χ1) is 8.13. The number of carbonyl (C=O) groups is 1. The van der Waals surface area contributed by atoms with E-state index < -0.39 is 0 Å². The van der Waals surface area contributed by atoms with E-state index in [0.29, 0.717) is 5.56 Å². The van der Waals surface area contributed by atoms with Gasteiger partial charge in [-0.25, -0.2) is 4.79 Å². The summed E-state index contributed by atoms with van der Waals surface area (Å²) >= 11 is 0. The predicted molar refractivity (Wildman–Crippen MR) is 63.8 cm³/mol. The number of aryl methyl sites for hydroxylation is 1. The van der Waals surface area contributed by atoms with Crippen molar-refractivity contribution in [1.82, 2.24) is 0 Å². The van der Waals surface area contributed by atoms with Crippen molar-refractivity contribution in [2.24, 2.45) is 0 Å². The Hall–Kier alpha value is -2.23. The van der Waals surface area contributed by atoms with Gasteiger partial charge < -0.3 is 10.2 Å². The fourth-order valence-electron chi connectivity index (χ4n) is 1.81. The van der Waals surface area contributed by atoms with E-state index in [4.69, 9.17) is 9.59 Å². The van der Waals surface area contributed by atoms with E-state index in [1.165, 1.54) is 18.2 Å². The highest BCUT2D eigenvalue weighted by Crippen LogP contribution is 2.31. The first kappa shape index (κ1) is 15.8. The second kappa shape index (κ2) is 7.17. The van der Waals surface area contributed by atoms with Crippen molar-refractivity contribution < 1.29 is 24.6 Å². The Kier molecular flexibility index (Phi) is 6.28. The SMILES string of the molecule is C=C1CCc2cc(C(=O)OC)ccc21.O.O=C=O. The Balaban J connectivity index is 0.000000660. The number of benzene rings is 1. The van der Waals surface area contributed by atoms with E-state index in [0.717, 1.165) is 18.4 Å². The van der Waals surface area contributed by atoms with Crippen LogP contribution >= 0.6 is 0 Å². The van der Waals surface area contributed by atoms with Crippen LogP contribution in [0.5, 0.6) is 0 Å². The van der Waals surface area contributed by atoms with Crippen molar-refractivity contribution in [3.05, 3.63) is 41.5 Å². The monoisotopic (exact) mass is 250 g/mol. The van der Waals surface area contributed by atoms with Crippen molar-refractivity contribution >= 4 is 17.7 Å². The highest BCUT2D eigenvalue weighted by atomic mass is 16.5. The molecule has 0 aliphatic heterocycles. The Morgan fingerprint density at radius 3 is 2.50 bits per heavy atom. The topological polar surface area (TPSA) is 91.9 Å². The maximum atomic E-state index is 11.3. The number of methoxy groups -OCH3 is 1. The minimum atomic E-state index is -0.273. The first-order valence-electron chi connectivity index (χ1n) is 5.02. The molecular weight excluding hydrogens is 236 g/mol. The van der Waals surface area contributed by atoms with Crippen LogP contribution in [-0.2, 0) is 20.7 Å². The van der Waals surface area contributed by atoms with Gasteiger partial charge in [0.25, 0.3) is 0 Å². The Labute approximate surface area is 104 Å². The highest BCUT2D eigenvalue weighted by molar-refractivity contribution is 5.90. The van der Waals surface area contributed by atoms with E-state index in [2.05, 4.69) is 11.3 Å². The molecule has 0 fully saturated rings. The van der Waals surface area contributed by atoms with Gasteiger partial charge in [0.1, 0.15) is 0 Å². The summed E-state index contributed by atoms with van der Waals surface area (Å²) in [5, 5.41) is 0. The lowest BCUT2D eigenvalue weighted by molar-refractivity contribution is -0.191. The molecule has 0 radical (unpaired) electrons. The van der Waals surface area contributed by atoms with Gasteiger partial charge in [0.15, 0.2) is 0 Å². The lowest BCUT2D eigenvalue weighted by atomic mass is 10.1. The summed E-state index contributed by atoms with van der Waals surface area (Å²) in [5.74, 6) is -0.273. The van der Waals surface area contributed by atoms with E-state index in [9.17, 15) is 4.79 Å². The molecule has 0 bridgehead atoms. The number of esters is 1. The molecule has 0 amide bonds. The Morgan fingerprint density at radius 1 is 1.33 bits per heavy atom. The van der Waals surface area contributed by atoms with Crippen LogP contribution in [-0.4, -0.2) is 24.7 Å². The average molecular weight is 250 g/mol. The summed E-state index contributed by atoms with van der Waals surface area (Å²) in [6.07, 6.45) is 2.24. The second-order valence-electron chi connectivity index (χ2n) is 3.55. The van der Waals surface area contributed by atoms with Crippen molar-refractivity contribution in [1.29, 1.82) is 0 Å². The number of ether oxygens (including phenoxy) is 1. The van der Waals surface area contributed by atoms with Gasteiger partial charge in [0, 0.05) is 0 Å². The molecule has 2 rings (SSSR count). The summed E-state index contributed by atoms with van der Waals surface area (Å²) in [7, 11) is 1.40. The molecule has 0 spiro atoms. The number of hydrogen-bond acceptors (Lipinski definition) is 4. The fraction of sp³-hybridized carbons (Fsp3) is 0.231. The summed E-state index contributed by atoms with van der Waals surface area (Å²) in [6.45, 7) is 3.97. The predicted octanol–water partition coefficient (Wildman–Crippen LogP) is 1.02. The molecule has 1 aliphatic rings. The molecule has 1 aromatic rings. The van der Waals surface area contributed by atoms with Gasteiger partial charge in [-0.05, 0) is 41.7 Å². The van der Waals surface area contributed by atoms with E-state index in [1.54, 1.807) is 6.07 Å². The molecule has 1 aliphatic carbocycles. The van der Waals surface area contributed by atoms with Crippen molar-refractivity contribution in [3.63, 3.8) is 0 Å². The van der Waals surface area contributed by atoms with Gasteiger partial charge >= 0.3 is 12.1 Å². The lowest BCUT2D eigenvalue weighted by Gasteiger charge is -2.02. The third-order valence-corrected chi connectivity index (χ3v) is 2.60. The Bertz CT molecular complexity index is 484. The van der Waals surface area contributed by atoms with Crippen LogP contribution in [0.3, 0.4) is 0 Å². The second-order valence-corrected chi connectivity index (χ2v) is 3.55. The Morgan fingerprint density at radius 2 is 1.94 bits per heavy atom. The standard InChI is InChI=1S/C12H12O2.CO2.H2O/c1-8-3-4-9-7-10(12(13)14-2)5-6-11(8)9;2-1-3;/h5-7H,1,3-4H2,2H3;;1H2. The first-order valence-corrected chi connectivity index (χ1v) is 5.02. The molecule has 0 heterocycles. The molecular formula is C13H14O5. The van der Waals surface area contributed by atoms with Gasteiger partial charge in [-0.3, -0.25) is 0 Å². The molecule has 0 unspecified atom stereocenters. The number of fused-ring (bicyclic) bond motifs is 1. The molecule has 0 aromatic heterocycles. The van der Waals surface area contributed by atoms with Gasteiger partial charge in [0.2, 0.25) is 0 Å². The number of allylic oxidation sites excluding steroid dienone is 1. The molecule has 1 aromatic carbocycles. The molecule has 5 nitrogen and oxygen atoms in total. The highest BCUT2D eigenvalue weighted by Gasteiger charge is 2.16. The summed E-state index contributed by atoms with van der Waals surface area (Å²) < 4.78 is 4.66. The molecule has 0 saturated carbocycles. The molecule has 0 atom stereocenters. The number of carbonyl (C=O) groups excluding carboxylic acids is 3. The van der Waals surface area contributed by atoms with Crippen molar-refractivity contribution in [2.45, 2.75) is 12.8 Å². The zero-order valence-electron chi connectivity index (χ0n) is 9.99. The average Bonchev–Trinajstić information content (AvgIpc) is 2.71. The molecule has 2 N–H and O–H groups in total. The third-order valence-electron chi connectivity index (χ3n) is 2.60. The van der Waals surface area contributed by atoms with Crippen LogP contribution in [0.4, 0.5) is 0 Å². The zero-order valence-corrected chi connectivity index (χ0v) is 9.99. The maximum absolute atomic E-state index is 11.3. The lowest BCUT2D eigenvalue weighted by Crippen LogP contribution is -2.01. The third kappa shape index (κ3) is 3.38. The van der Waals surface area contributed by atoms with Crippen molar-refractivity contribution in [3.8, 4) is 0 Å². The van der Waals surface area contributed by atoms with Crippen LogP contribution in [0, 0.1) is 0 Å². The normalized spacial score (nSPS) is 11.3. The van der Waals surface area contributed by atoms with Crippen LogP contribution in [0.25, 0.3) is 5.57 Å². The van der Waals surface area contributed by atoms with E-state index >= 15 is 0 Å². The van der Waals surface area contributed by atoms with E-state index in [-0.39, 0.29) is 17.6 Å². The summed E-state index contributed by atoms with van der Waals surface area (Å²) in [4.78, 5) is 27.5. The maximum Gasteiger partial charge on any atom is 0.373 e. The molecule has 18 heavy (non-hydrogen) atoms.